The molecule has 0 unspecified atom stereocenters. The summed E-state index contributed by atoms with van der Waals surface area (Å²) in [5.74, 6) is 0. The molecular formula is C60H48BN. The van der Waals surface area contributed by atoms with Crippen molar-refractivity contribution in [2.45, 2.75) is 41.5 Å². The van der Waals surface area contributed by atoms with Crippen molar-refractivity contribution < 1.29 is 0 Å². The zero-order chi connectivity index (χ0) is 42.2. The fourth-order valence-corrected chi connectivity index (χ4v) is 11.1. The Balaban J connectivity index is 1.20. The van der Waals surface area contributed by atoms with Crippen molar-refractivity contribution in [3.05, 3.63) is 215 Å². The van der Waals surface area contributed by atoms with E-state index in [0.717, 1.165) is 17.1 Å². The first kappa shape index (κ1) is 37.8. The summed E-state index contributed by atoms with van der Waals surface area (Å²) in [6, 6.07) is 68.4. The molecule has 1 nitrogen and oxygen atoms in total. The molecule has 0 aliphatic carbocycles. The van der Waals surface area contributed by atoms with Gasteiger partial charge in [0.25, 0.3) is 0 Å². The zero-order valence-corrected chi connectivity index (χ0v) is 36.3. The molecule has 0 aliphatic heterocycles. The van der Waals surface area contributed by atoms with E-state index in [1.54, 1.807) is 0 Å². The van der Waals surface area contributed by atoms with E-state index in [-0.39, 0.29) is 6.71 Å². The number of hydrogen-bond acceptors (Lipinski definition) is 1. The van der Waals surface area contributed by atoms with E-state index in [4.69, 9.17) is 0 Å². The number of aryl methyl sites for hydroxylation is 6. The van der Waals surface area contributed by atoms with Gasteiger partial charge in [-0.2, -0.15) is 0 Å². The highest BCUT2D eigenvalue weighted by Crippen LogP contribution is 2.47. The molecule has 0 aliphatic rings. The van der Waals surface area contributed by atoms with Gasteiger partial charge in [0, 0.05) is 16.6 Å². The molecule has 11 aromatic rings. The third-order valence-electron chi connectivity index (χ3n) is 13.5. The average Bonchev–Trinajstić information content (AvgIpc) is 3.28. The quantitative estimate of drug-likeness (QED) is 0.115. The van der Waals surface area contributed by atoms with Gasteiger partial charge < -0.3 is 4.90 Å². The van der Waals surface area contributed by atoms with Crippen LogP contribution in [0.15, 0.2) is 182 Å². The van der Waals surface area contributed by atoms with Crippen LogP contribution in [0.25, 0.3) is 65.0 Å². The zero-order valence-electron chi connectivity index (χ0n) is 36.3. The van der Waals surface area contributed by atoms with Gasteiger partial charge >= 0.3 is 0 Å². The summed E-state index contributed by atoms with van der Waals surface area (Å²) in [6.07, 6.45) is 0. The molecule has 0 atom stereocenters. The van der Waals surface area contributed by atoms with E-state index < -0.39 is 0 Å². The highest BCUT2D eigenvalue weighted by molar-refractivity contribution is 6.98. The van der Waals surface area contributed by atoms with Crippen molar-refractivity contribution in [3.63, 3.8) is 0 Å². The van der Waals surface area contributed by atoms with Gasteiger partial charge in [0.05, 0.1) is 11.4 Å². The third-order valence-corrected chi connectivity index (χ3v) is 13.5. The largest absolute Gasteiger partial charge is 0.309 e. The average molecular weight is 794 g/mol. The van der Waals surface area contributed by atoms with Gasteiger partial charge in [-0.15, -0.1) is 0 Å². The normalized spacial score (nSPS) is 11.7. The third kappa shape index (κ3) is 6.08. The van der Waals surface area contributed by atoms with Crippen molar-refractivity contribution in [1.29, 1.82) is 0 Å². The predicted molar refractivity (Wildman–Crippen MR) is 271 cm³/mol. The van der Waals surface area contributed by atoms with Crippen LogP contribution in [-0.4, -0.2) is 6.71 Å². The minimum absolute atomic E-state index is 0.0724. The molecule has 296 valence electrons. The molecule has 11 rings (SSSR count). The number of rotatable bonds is 7. The minimum atomic E-state index is 0.0724. The summed E-state index contributed by atoms with van der Waals surface area (Å²) in [6.45, 7) is 13.7. The van der Waals surface area contributed by atoms with Crippen LogP contribution in [0.5, 0.6) is 0 Å². The van der Waals surface area contributed by atoms with E-state index in [1.165, 1.54) is 115 Å². The molecule has 0 fully saturated rings. The Morgan fingerprint density at radius 3 is 1.58 bits per heavy atom. The first-order valence-electron chi connectivity index (χ1n) is 22.0. The number of fused-ring (bicyclic) bond motifs is 3. The first-order chi connectivity index (χ1) is 30.2. The molecule has 0 saturated carbocycles. The van der Waals surface area contributed by atoms with Crippen LogP contribution in [0.1, 0.15) is 33.4 Å². The monoisotopic (exact) mass is 793 g/mol. The van der Waals surface area contributed by atoms with E-state index in [0.29, 0.717) is 0 Å². The Labute approximate surface area is 365 Å². The molecule has 11 aromatic carbocycles. The molecule has 0 radical (unpaired) electrons. The van der Waals surface area contributed by atoms with Gasteiger partial charge in [-0.3, -0.25) is 0 Å². The summed E-state index contributed by atoms with van der Waals surface area (Å²) < 4.78 is 0. The molecule has 0 heterocycles. The van der Waals surface area contributed by atoms with Gasteiger partial charge in [-0.25, -0.2) is 0 Å². The van der Waals surface area contributed by atoms with Crippen LogP contribution in [0, 0.1) is 41.5 Å². The Morgan fingerprint density at radius 1 is 0.355 bits per heavy atom. The van der Waals surface area contributed by atoms with Crippen LogP contribution < -0.4 is 21.3 Å². The maximum Gasteiger partial charge on any atom is 0.243 e. The Morgan fingerprint density at radius 2 is 0.871 bits per heavy atom. The lowest BCUT2D eigenvalue weighted by Gasteiger charge is -2.30. The smallest absolute Gasteiger partial charge is 0.243 e. The predicted octanol–water partition coefficient (Wildman–Crippen LogP) is 14.4. The second kappa shape index (κ2) is 14.8. The second-order valence-electron chi connectivity index (χ2n) is 17.6. The highest BCUT2D eigenvalue weighted by atomic mass is 15.1. The second-order valence-corrected chi connectivity index (χ2v) is 17.6. The van der Waals surface area contributed by atoms with Crippen molar-refractivity contribution in [2.24, 2.45) is 0 Å². The molecule has 2 heteroatoms. The van der Waals surface area contributed by atoms with Crippen LogP contribution in [-0.2, 0) is 0 Å². The van der Waals surface area contributed by atoms with E-state index >= 15 is 0 Å². The lowest BCUT2D eigenvalue weighted by Crippen LogP contribution is -2.56. The van der Waals surface area contributed by atoms with Crippen LogP contribution in [0.4, 0.5) is 17.1 Å². The maximum atomic E-state index is 2.50. The van der Waals surface area contributed by atoms with Gasteiger partial charge in [-0.05, 0) is 120 Å². The van der Waals surface area contributed by atoms with Crippen LogP contribution in [0.2, 0.25) is 0 Å². The van der Waals surface area contributed by atoms with Crippen molar-refractivity contribution in [3.8, 4) is 11.1 Å². The molecule has 0 saturated heterocycles. The van der Waals surface area contributed by atoms with Gasteiger partial charge in [0.1, 0.15) is 0 Å². The maximum absolute atomic E-state index is 2.50. The van der Waals surface area contributed by atoms with Crippen molar-refractivity contribution in [1.82, 2.24) is 0 Å². The Bertz CT molecular complexity index is 3440. The van der Waals surface area contributed by atoms with Gasteiger partial charge in [-0.1, -0.05) is 207 Å². The van der Waals surface area contributed by atoms with Crippen molar-refractivity contribution >= 4 is 94.0 Å². The number of nitrogens with zero attached hydrogens (tertiary/aromatic N) is 1. The topological polar surface area (TPSA) is 3.24 Å². The summed E-state index contributed by atoms with van der Waals surface area (Å²) in [4.78, 5) is 2.50. The number of anilines is 3. The highest BCUT2D eigenvalue weighted by Gasteiger charge is 2.31. The molecule has 0 N–H and O–H groups in total. The summed E-state index contributed by atoms with van der Waals surface area (Å²) in [5.41, 5.74) is 18.0. The van der Waals surface area contributed by atoms with Crippen LogP contribution >= 0.6 is 0 Å². The van der Waals surface area contributed by atoms with E-state index in [1.807, 2.05) is 0 Å². The summed E-state index contributed by atoms with van der Waals surface area (Å²) in [7, 11) is 0. The molecule has 62 heavy (non-hydrogen) atoms. The van der Waals surface area contributed by atoms with Gasteiger partial charge in [0.15, 0.2) is 0 Å². The van der Waals surface area contributed by atoms with E-state index in [9.17, 15) is 0 Å². The molecule has 0 spiro atoms. The first-order valence-corrected chi connectivity index (χ1v) is 22.0. The fraction of sp³-hybridized carbons (Fsp3) is 0.100. The SMILES string of the molecule is Cc1cc(C)c(B(c2c(C)cc(C)cc2C)c2ccc3ccc4c(N(c5ccc6c(ccc7ccccc76)c5)c5ccccc5-c5ccccc5)ccc5ccc2c3c54)c(C)c1. The van der Waals surface area contributed by atoms with Crippen molar-refractivity contribution in [2.75, 3.05) is 4.90 Å². The number of hydrogen-bond donors (Lipinski definition) is 0. The Hall–Kier alpha value is -7.16. The van der Waals surface area contributed by atoms with E-state index in [2.05, 4.69) is 228 Å². The lowest BCUT2D eigenvalue weighted by atomic mass is 9.33. The minimum Gasteiger partial charge on any atom is -0.309 e. The standard InChI is InChI=1S/C60H48BN/c1-37-32-39(3)59(40(4)33-37)61(60-41(5)34-38(2)35-42(60)6)54-30-24-45-23-28-53-56(31-25-46-22-27-52(54)57(45)58(46)53)62(55-19-13-12-18-51(55)43-14-8-7-9-15-43)48-26-29-50-47(36-48)21-20-44-16-10-11-17-49(44)50/h7-36H,1-6H3. The fourth-order valence-electron chi connectivity index (χ4n) is 11.1. The molecule has 0 bridgehead atoms. The molecular weight excluding hydrogens is 745 g/mol. The number of benzene rings is 11. The van der Waals surface area contributed by atoms with Gasteiger partial charge in [0.2, 0.25) is 6.71 Å². The Kier molecular flexibility index (Phi) is 9.02. The van der Waals surface area contributed by atoms with Crippen LogP contribution in [0.3, 0.4) is 0 Å². The molecule has 0 amide bonds. The lowest BCUT2D eigenvalue weighted by molar-refractivity contribution is 1.30. The summed E-state index contributed by atoms with van der Waals surface area (Å²) >= 11 is 0. The molecule has 0 aromatic heterocycles. The number of para-hydroxylation sites is 1. The summed E-state index contributed by atoms with van der Waals surface area (Å²) in [5, 5.41) is 12.7.